The lowest BCUT2D eigenvalue weighted by Crippen LogP contribution is -2.50. The molecule has 0 bridgehead atoms. The maximum Gasteiger partial charge on any atom is 0.270 e. The van der Waals surface area contributed by atoms with Crippen molar-refractivity contribution in [3.8, 4) is 6.07 Å². The summed E-state index contributed by atoms with van der Waals surface area (Å²) >= 11 is 12.1. The Morgan fingerprint density at radius 1 is 0.968 bits per heavy atom. The van der Waals surface area contributed by atoms with Gasteiger partial charge in [0.15, 0.2) is 0 Å². The number of nitrogens with one attached hydrogen (secondary N) is 1. The summed E-state index contributed by atoms with van der Waals surface area (Å²) in [6, 6.07) is 14.7. The third kappa shape index (κ3) is 4.32. The minimum Gasteiger partial charge on any atom is -0.351 e. The van der Waals surface area contributed by atoms with Crippen LogP contribution < -0.4 is 10.2 Å². The molecule has 158 valence electrons. The van der Waals surface area contributed by atoms with Gasteiger partial charge in [-0.15, -0.1) is 0 Å². The highest BCUT2D eigenvalue weighted by atomic mass is 35.5. The van der Waals surface area contributed by atoms with Crippen LogP contribution >= 0.6 is 23.2 Å². The van der Waals surface area contributed by atoms with Crippen molar-refractivity contribution in [1.82, 2.24) is 5.32 Å². The second-order valence-corrected chi connectivity index (χ2v) is 8.68. The Labute approximate surface area is 191 Å². The third-order valence-electron chi connectivity index (χ3n) is 5.81. The molecule has 1 aliphatic heterocycles. The molecule has 2 amide bonds. The Bertz CT molecular complexity index is 1070. The minimum absolute atomic E-state index is 0.0407. The van der Waals surface area contributed by atoms with Crippen molar-refractivity contribution in [2.45, 2.75) is 44.2 Å². The topological polar surface area (TPSA) is 73.2 Å². The van der Waals surface area contributed by atoms with Gasteiger partial charge >= 0.3 is 0 Å². The Hall–Kier alpha value is -2.81. The number of amides is 2. The third-order valence-corrected chi connectivity index (χ3v) is 6.31. The van der Waals surface area contributed by atoms with Gasteiger partial charge in [0.1, 0.15) is 17.7 Å². The van der Waals surface area contributed by atoms with Crippen LogP contribution in [0.3, 0.4) is 0 Å². The van der Waals surface area contributed by atoms with Crippen LogP contribution in [0.4, 0.5) is 5.69 Å². The molecular weight excluding hydrogens is 433 g/mol. The first-order chi connectivity index (χ1) is 15.0. The number of carbonyl (C=O) groups is 2. The van der Waals surface area contributed by atoms with Crippen LogP contribution in [0.1, 0.15) is 37.7 Å². The van der Waals surface area contributed by atoms with E-state index in [9.17, 15) is 14.9 Å². The van der Waals surface area contributed by atoms with E-state index in [-0.39, 0.29) is 17.5 Å². The fourth-order valence-corrected chi connectivity index (χ4v) is 4.55. The number of nitrogens with zero attached hydrogens (tertiary/aromatic N) is 2. The number of hydrogen-bond acceptors (Lipinski definition) is 3. The van der Waals surface area contributed by atoms with Crippen molar-refractivity contribution in [2.24, 2.45) is 0 Å². The second-order valence-electron chi connectivity index (χ2n) is 7.81. The molecule has 1 saturated carbocycles. The van der Waals surface area contributed by atoms with E-state index in [0.29, 0.717) is 26.9 Å². The molecule has 1 atom stereocenters. The van der Waals surface area contributed by atoms with Crippen LogP contribution in [0.2, 0.25) is 10.0 Å². The Morgan fingerprint density at radius 3 is 2.13 bits per heavy atom. The molecule has 2 aliphatic rings. The van der Waals surface area contributed by atoms with Gasteiger partial charge in [-0.2, -0.15) is 5.26 Å². The van der Waals surface area contributed by atoms with E-state index in [2.05, 4.69) is 5.32 Å². The van der Waals surface area contributed by atoms with Gasteiger partial charge in [-0.25, -0.2) is 0 Å². The molecule has 1 aliphatic carbocycles. The Kier molecular flexibility index (Phi) is 6.31. The molecular formula is C24H21Cl2N3O2. The summed E-state index contributed by atoms with van der Waals surface area (Å²) in [5, 5.41) is 14.0. The Morgan fingerprint density at radius 2 is 1.55 bits per heavy atom. The zero-order chi connectivity index (χ0) is 22.0. The summed E-state index contributed by atoms with van der Waals surface area (Å²) in [4.78, 5) is 28.2. The predicted octanol–water partition coefficient (Wildman–Crippen LogP) is 5.13. The molecule has 1 unspecified atom stereocenters. The SMILES string of the molecule is N#CC1=C(c2ccc(Cl)cc2)C(C(=O)NC2CCCCC2)N(c2ccc(Cl)cc2)C1=O. The summed E-state index contributed by atoms with van der Waals surface area (Å²) in [5.74, 6) is -0.788. The molecule has 5 nitrogen and oxygen atoms in total. The van der Waals surface area contributed by atoms with Crippen LogP contribution in [0.5, 0.6) is 0 Å². The number of nitriles is 1. The zero-order valence-electron chi connectivity index (χ0n) is 16.8. The van der Waals surface area contributed by atoms with E-state index in [1.807, 2.05) is 6.07 Å². The number of rotatable bonds is 4. The summed E-state index contributed by atoms with van der Waals surface area (Å²) < 4.78 is 0. The molecule has 0 radical (unpaired) electrons. The Balaban J connectivity index is 1.79. The van der Waals surface area contributed by atoms with E-state index in [1.165, 1.54) is 11.3 Å². The molecule has 7 heteroatoms. The molecule has 4 rings (SSSR count). The van der Waals surface area contributed by atoms with Gasteiger partial charge in [-0.1, -0.05) is 54.6 Å². The number of hydrogen-bond donors (Lipinski definition) is 1. The largest absolute Gasteiger partial charge is 0.351 e. The first kappa shape index (κ1) is 21.4. The van der Waals surface area contributed by atoms with Crippen LogP contribution in [-0.4, -0.2) is 23.9 Å². The first-order valence-electron chi connectivity index (χ1n) is 10.3. The average molecular weight is 454 g/mol. The van der Waals surface area contributed by atoms with Gasteiger partial charge in [0.2, 0.25) is 5.91 Å². The fraction of sp³-hybridized carbons (Fsp3) is 0.292. The molecule has 0 spiro atoms. The van der Waals surface area contributed by atoms with Crippen LogP contribution in [-0.2, 0) is 9.59 Å². The van der Waals surface area contributed by atoms with E-state index >= 15 is 0 Å². The average Bonchev–Trinajstić information content (AvgIpc) is 3.08. The molecule has 31 heavy (non-hydrogen) atoms. The number of benzene rings is 2. The van der Waals surface area contributed by atoms with Crippen molar-refractivity contribution in [3.63, 3.8) is 0 Å². The maximum absolute atomic E-state index is 13.5. The van der Waals surface area contributed by atoms with E-state index < -0.39 is 11.9 Å². The smallest absolute Gasteiger partial charge is 0.270 e. The molecule has 2 aromatic rings. The van der Waals surface area contributed by atoms with Gasteiger partial charge in [0.05, 0.1) is 0 Å². The maximum atomic E-state index is 13.5. The summed E-state index contributed by atoms with van der Waals surface area (Å²) in [6.45, 7) is 0. The predicted molar refractivity (Wildman–Crippen MR) is 122 cm³/mol. The summed E-state index contributed by atoms with van der Waals surface area (Å²) in [7, 11) is 0. The lowest BCUT2D eigenvalue weighted by atomic mass is 9.93. The van der Waals surface area contributed by atoms with Gasteiger partial charge in [0, 0.05) is 27.3 Å². The first-order valence-corrected chi connectivity index (χ1v) is 11.0. The normalized spacial score (nSPS) is 19.5. The highest BCUT2D eigenvalue weighted by Gasteiger charge is 2.45. The van der Waals surface area contributed by atoms with E-state index in [4.69, 9.17) is 23.2 Å². The molecule has 2 aromatic carbocycles. The number of halogens is 2. The molecule has 1 heterocycles. The molecule has 0 aromatic heterocycles. The van der Waals surface area contributed by atoms with Crippen LogP contribution in [0.15, 0.2) is 54.1 Å². The van der Waals surface area contributed by atoms with Crippen molar-refractivity contribution >= 4 is 46.3 Å². The number of carbonyl (C=O) groups excluding carboxylic acids is 2. The van der Waals surface area contributed by atoms with Crippen LogP contribution in [0, 0.1) is 11.3 Å². The molecule has 0 saturated heterocycles. The quantitative estimate of drug-likeness (QED) is 0.696. The van der Waals surface area contributed by atoms with Crippen molar-refractivity contribution in [2.75, 3.05) is 4.90 Å². The monoisotopic (exact) mass is 453 g/mol. The van der Waals surface area contributed by atoms with Crippen molar-refractivity contribution in [1.29, 1.82) is 5.26 Å². The van der Waals surface area contributed by atoms with Gasteiger partial charge in [-0.05, 0) is 54.8 Å². The van der Waals surface area contributed by atoms with E-state index in [1.54, 1.807) is 48.5 Å². The standard InChI is InChI=1S/C24H21Cl2N3O2/c25-16-8-6-15(7-9-16)21-20(14-27)24(31)29(19-12-10-17(26)11-13-19)22(21)23(30)28-18-4-2-1-3-5-18/h6-13,18,22H,1-5H2,(H,28,30). The molecule has 1 fully saturated rings. The summed E-state index contributed by atoms with van der Waals surface area (Å²) in [5.41, 5.74) is 1.48. The highest BCUT2D eigenvalue weighted by Crippen LogP contribution is 2.38. The van der Waals surface area contributed by atoms with Gasteiger partial charge in [0.25, 0.3) is 5.91 Å². The number of anilines is 1. The lowest BCUT2D eigenvalue weighted by Gasteiger charge is -2.30. The lowest BCUT2D eigenvalue weighted by molar-refractivity contribution is -0.124. The fourth-order valence-electron chi connectivity index (χ4n) is 4.30. The minimum atomic E-state index is -0.952. The zero-order valence-corrected chi connectivity index (χ0v) is 18.3. The summed E-state index contributed by atoms with van der Waals surface area (Å²) in [6.07, 6.45) is 5.13. The molecule has 1 N–H and O–H groups in total. The highest BCUT2D eigenvalue weighted by molar-refractivity contribution is 6.31. The van der Waals surface area contributed by atoms with Crippen molar-refractivity contribution < 1.29 is 9.59 Å². The second kappa shape index (κ2) is 9.13. The van der Waals surface area contributed by atoms with Gasteiger partial charge in [-0.3, -0.25) is 14.5 Å². The van der Waals surface area contributed by atoms with Crippen LogP contribution in [0.25, 0.3) is 5.57 Å². The van der Waals surface area contributed by atoms with Crippen molar-refractivity contribution in [3.05, 3.63) is 69.7 Å². The van der Waals surface area contributed by atoms with E-state index in [0.717, 1.165) is 25.7 Å². The van der Waals surface area contributed by atoms with Gasteiger partial charge < -0.3 is 5.32 Å².